The minimum absolute atomic E-state index is 0.115. The molecule has 0 aromatic heterocycles. The highest BCUT2D eigenvalue weighted by atomic mass is 79.9. The standard InChI is InChI=1S/C23H15BrClN3O2/c24-14-7-10-18-17(11-14)23(22(29)26-18)28-20(16-3-1-2-4-21(16)30-23)12-19(27-28)13-5-8-15(25)9-6-13/h1-11,20H,12H2,(H,26,29)/t20-,23-/m1/s1. The molecule has 5 nitrogen and oxygen atoms in total. The van der Waals surface area contributed by atoms with E-state index in [0.29, 0.717) is 17.2 Å². The molecule has 1 amide bonds. The molecule has 7 heteroatoms. The van der Waals surface area contributed by atoms with Crippen molar-refractivity contribution < 1.29 is 9.53 Å². The summed E-state index contributed by atoms with van der Waals surface area (Å²) in [4.78, 5) is 13.4. The molecule has 2 atom stereocenters. The van der Waals surface area contributed by atoms with Gasteiger partial charge in [0.15, 0.2) is 0 Å². The zero-order chi connectivity index (χ0) is 20.5. The van der Waals surface area contributed by atoms with Crippen molar-refractivity contribution in [3.05, 3.63) is 92.9 Å². The SMILES string of the molecule is O=C1Nc2ccc(Br)cc2[C@@]12Oc1ccccc1[C@H]1CC(c3ccc(Cl)cc3)=NN12. The molecule has 0 unspecified atom stereocenters. The van der Waals surface area contributed by atoms with Crippen LogP contribution in [0.1, 0.15) is 29.2 Å². The number of hydrazone groups is 1. The molecule has 1 spiro atoms. The number of carbonyl (C=O) groups excluding carboxylic acids is 1. The van der Waals surface area contributed by atoms with Crippen LogP contribution in [0, 0.1) is 0 Å². The van der Waals surface area contributed by atoms with Gasteiger partial charge in [0.1, 0.15) is 5.75 Å². The van der Waals surface area contributed by atoms with Gasteiger partial charge >= 0.3 is 5.72 Å². The van der Waals surface area contributed by atoms with Crippen molar-refractivity contribution in [2.24, 2.45) is 5.10 Å². The van der Waals surface area contributed by atoms with Gasteiger partial charge in [-0.3, -0.25) is 4.79 Å². The van der Waals surface area contributed by atoms with Crippen LogP contribution in [0.15, 0.2) is 76.3 Å². The number of ether oxygens (including phenoxy) is 1. The topological polar surface area (TPSA) is 53.9 Å². The highest BCUT2D eigenvalue weighted by molar-refractivity contribution is 9.10. The first-order valence-electron chi connectivity index (χ1n) is 9.58. The monoisotopic (exact) mass is 479 g/mol. The van der Waals surface area contributed by atoms with Gasteiger partial charge in [-0.1, -0.05) is 57.9 Å². The summed E-state index contributed by atoms with van der Waals surface area (Å²) in [6.07, 6.45) is 0.667. The number of amides is 1. The third-order valence-corrected chi connectivity index (χ3v) is 6.59. The second-order valence-electron chi connectivity index (χ2n) is 7.55. The largest absolute Gasteiger partial charge is 0.453 e. The average molecular weight is 481 g/mol. The van der Waals surface area contributed by atoms with Crippen LogP contribution in [-0.2, 0) is 10.5 Å². The molecule has 148 valence electrons. The lowest BCUT2D eigenvalue weighted by atomic mass is 9.92. The molecule has 0 bridgehead atoms. The second-order valence-corrected chi connectivity index (χ2v) is 8.90. The van der Waals surface area contributed by atoms with Gasteiger partial charge < -0.3 is 10.1 Å². The van der Waals surface area contributed by atoms with Crippen LogP contribution < -0.4 is 10.1 Å². The lowest BCUT2D eigenvalue weighted by molar-refractivity contribution is -0.161. The summed E-state index contributed by atoms with van der Waals surface area (Å²) in [5, 5.41) is 10.4. The molecular weight excluding hydrogens is 466 g/mol. The quantitative estimate of drug-likeness (QED) is 0.504. The van der Waals surface area contributed by atoms with Gasteiger partial charge in [0.25, 0.3) is 5.91 Å². The Bertz CT molecular complexity index is 1240. The summed E-state index contributed by atoms with van der Waals surface area (Å²) in [7, 11) is 0. The van der Waals surface area contributed by atoms with Crippen molar-refractivity contribution in [1.29, 1.82) is 0 Å². The summed E-state index contributed by atoms with van der Waals surface area (Å²) in [6, 6.07) is 21.1. The molecule has 0 fully saturated rings. The van der Waals surface area contributed by atoms with E-state index in [0.717, 1.165) is 32.6 Å². The van der Waals surface area contributed by atoms with Gasteiger partial charge in [-0.15, -0.1) is 0 Å². The fraction of sp³-hybridized carbons (Fsp3) is 0.130. The molecular formula is C23H15BrClN3O2. The number of anilines is 1. The fourth-order valence-corrected chi connectivity index (χ4v) is 4.97. The highest BCUT2D eigenvalue weighted by Crippen LogP contribution is 2.54. The number of nitrogens with one attached hydrogen (secondary N) is 1. The summed E-state index contributed by atoms with van der Waals surface area (Å²) in [5.41, 5.74) is 3.03. The lowest BCUT2D eigenvalue weighted by Gasteiger charge is -2.44. The molecule has 6 rings (SSSR count). The van der Waals surface area contributed by atoms with E-state index in [2.05, 4.69) is 21.2 Å². The van der Waals surface area contributed by atoms with Crippen LogP contribution in [0.5, 0.6) is 5.75 Å². The predicted molar refractivity (Wildman–Crippen MR) is 119 cm³/mol. The Morgan fingerprint density at radius 1 is 1.13 bits per heavy atom. The van der Waals surface area contributed by atoms with Crippen LogP contribution in [-0.4, -0.2) is 16.6 Å². The number of rotatable bonds is 1. The Hall–Kier alpha value is -2.83. The lowest BCUT2D eigenvalue weighted by Crippen LogP contribution is -2.55. The van der Waals surface area contributed by atoms with E-state index in [4.69, 9.17) is 21.4 Å². The normalized spacial score (nSPS) is 23.4. The summed E-state index contributed by atoms with van der Waals surface area (Å²) >= 11 is 9.60. The molecule has 3 aliphatic heterocycles. The van der Waals surface area contributed by atoms with E-state index in [1.54, 1.807) is 0 Å². The van der Waals surface area contributed by atoms with Gasteiger partial charge in [-0.2, -0.15) is 5.10 Å². The van der Waals surface area contributed by atoms with Gasteiger partial charge in [0.2, 0.25) is 0 Å². The molecule has 0 saturated heterocycles. The molecule has 3 heterocycles. The minimum Gasteiger partial charge on any atom is -0.453 e. The second kappa shape index (κ2) is 6.33. The Balaban J connectivity index is 1.57. The van der Waals surface area contributed by atoms with Crippen LogP contribution >= 0.6 is 27.5 Å². The van der Waals surface area contributed by atoms with E-state index < -0.39 is 5.72 Å². The number of hydrogen-bond acceptors (Lipinski definition) is 4. The van der Waals surface area contributed by atoms with Crippen molar-refractivity contribution in [2.75, 3.05) is 5.32 Å². The summed E-state index contributed by atoms with van der Waals surface area (Å²) in [6.45, 7) is 0. The molecule has 0 radical (unpaired) electrons. The van der Waals surface area contributed by atoms with Gasteiger partial charge in [-0.05, 0) is 42.0 Å². The average Bonchev–Trinajstić information content (AvgIpc) is 3.30. The highest BCUT2D eigenvalue weighted by Gasteiger charge is 2.60. The van der Waals surface area contributed by atoms with Crippen LogP contribution in [0.2, 0.25) is 5.02 Å². The minimum atomic E-state index is -1.35. The van der Waals surface area contributed by atoms with Crippen LogP contribution in [0.3, 0.4) is 0 Å². The summed E-state index contributed by atoms with van der Waals surface area (Å²) < 4.78 is 7.33. The molecule has 1 N–H and O–H groups in total. The molecule has 0 saturated carbocycles. The Morgan fingerprint density at radius 3 is 2.77 bits per heavy atom. The van der Waals surface area contributed by atoms with Crippen LogP contribution in [0.25, 0.3) is 0 Å². The van der Waals surface area contributed by atoms with Crippen molar-refractivity contribution in [2.45, 2.75) is 18.2 Å². The maximum Gasteiger partial charge on any atom is 0.306 e. The first-order chi connectivity index (χ1) is 14.6. The van der Waals surface area contributed by atoms with E-state index in [-0.39, 0.29) is 11.9 Å². The smallest absolute Gasteiger partial charge is 0.306 e. The van der Waals surface area contributed by atoms with Crippen molar-refractivity contribution in [3.8, 4) is 5.75 Å². The third-order valence-electron chi connectivity index (χ3n) is 5.85. The Morgan fingerprint density at radius 2 is 1.93 bits per heavy atom. The van der Waals surface area contributed by atoms with Gasteiger partial charge in [0, 0.05) is 21.5 Å². The number of benzene rings is 3. The van der Waals surface area contributed by atoms with E-state index in [1.807, 2.05) is 71.7 Å². The van der Waals surface area contributed by atoms with Gasteiger partial charge in [-0.25, -0.2) is 5.01 Å². The maximum absolute atomic E-state index is 13.4. The maximum atomic E-state index is 13.4. The fourth-order valence-electron chi connectivity index (χ4n) is 4.48. The predicted octanol–water partition coefficient (Wildman–Crippen LogP) is 5.45. The Kier molecular flexibility index (Phi) is 3.80. The zero-order valence-electron chi connectivity index (χ0n) is 15.6. The first-order valence-corrected chi connectivity index (χ1v) is 10.8. The number of nitrogens with zero attached hydrogens (tertiary/aromatic N) is 2. The number of fused-ring (bicyclic) bond motifs is 6. The third kappa shape index (κ3) is 2.41. The zero-order valence-corrected chi connectivity index (χ0v) is 17.9. The van der Waals surface area contributed by atoms with Gasteiger partial charge in [0.05, 0.1) is 23.0 Å². The molecule has 3 aromatic carbocycles. The number of hydrogen-bond donors (Lipinski definition) is 1. The first kappa shape index (κ1) is 18.0. The van der Waals surface area contributed by atoms with Crippen molar-refractivity contribution >= 4 is 44.8 Å². The number of carbonyl (C=O) groups is 1. The molecule has 30 heavy (non-hydrogen) atoms. The summed E-state index contributed by atoms with van der Waals surface area (Å²) in [5.74, 6) is 0.463. The molecule has 3 aromatic rings. The van der Waals surface area contributed by atoms with Crippen molar-refractivity contribution in [3.63, 3.8) is 0 Å². The van der Waals surface area contributed by atoms with E-state index >= 15 is 0 Å². The molecule has 3 aliphatic rings. The molecule has 0 aliphatic carbocycles. The number of para-hydroxylation sites is 1. The number of halogens is 2. The Labute approximate surface area is 186 Å². The van der Waals surface area contributed by atoms with Crippen LogP contribution in [0.4, 0.5) is 5.69 Å². The van der Waals surface area contributed by atoms with E-state index in [1.165, 1.54) is 0 Å². The van der Waals surface area contributed by atoms with Crippen molar-refractivity contribution in [1.82, 2.24) is 5.01 Å². The van der Waals surface area contributed by atoms with E-state index in [9.17, 15) is 4.79 Å².